The number of nitrogens with zero attached hydrogens (tertiary/aromatic N) is 1. The minimum absolute atomic E-state index is 0.0900. The SMILES string of the molecule is CC(=O)Nc1cccc2nc(NCCN)ccc12. The average molecular weight is 244 g/mol. The van der Waals surface area contributed by atoms with Crippen LogP contribution in [0.3, 0.4) is 0 Å². The van der Waals surface area contributed by atoms with E-state index >= 15 is 0 Å². The fourth-order valence-corrected chi connectivity index (χ4v) is 1.75. The van der Waals surface area contributed by atoms with Gasteiger partial charge in [0, 0.05) is 25.4 Å². The number of aromatic nitrogens is 1. The second-order valence-electron chi connectivity index (χ2n) is 3.97. The Morgan fingerprint density at radius 2 is 2.17 bits per heavy atom. The Bertz CT molecular complexity index is 568. The number of fused-ring (bicyclic) bond motifs is 1. The standard InChI is InChI=1S/C13H16N4O/c1-9(18)16-11-3-2-4-12-10(11)5-6-13(17-12)15-8-7-14/h2-6H,7-8,14H2,1H3,(H,15,17)(H,16,18). The van der Waals surface area contributed by atoms with E-state index in [0.29, 0.717) is 13.1 Å². The quantitative estimate of drug-likeness (QED) is 0.762. The summed E-state index contributed by atoms with van der Waals surface area (Å²) in [6, 6.07) is 9.45. The molecule has 18 heavy (non-hydrogen) atoms. The number of nitrogens with one attached hydrogen (secondary N) is 2. The molecule has 1 aromatic heterocycles. The predicted molar refractivity (Wildman–Crippen MR) is 73.6 cm³/mol. The lowest BCUT2D eigenvalue weighted by atomic mass is 10.2. The lowest BCUT2D eigenvalue weighted by Gasteiger charge is -2.09. The van der Waals surface area contributed by atoms with Gasteiger partial charge >= 0.3 is 0 Å². The van der Waals surface area contributed by atoms with Crippen molar-refractivity contribution in [2.24, 2.45) is 5.73 Å². The van der Waals surface area contributed by atoms with Crippen molar-refractivity contribution >= 4 is 28.3 Å². The minimum Gasteiger partial charge on any atom is -0.369 e. The highest BCUT2D eigenvalue weighted by Crippen LogP contribution is 2.23. The largest absolute Gasteiger partial charge is 0.369 e. The monoisotopic (exact) mass is 244 g/mol. The third kappa shape index (κ3) is 2.75. The molecule has 94 valence electrons. The number of carbonyl (C=O) groups is 1. The highest BCUT2D eigenvalue weighted by atomic mass is 16.1. The summed E-state index contributed by atoms with van der Waals surface area (Å²) in [5.41, 5.74) is 7.04. The summed E-state index contributed by atoms with van der Waals surface area (Å²) in [5, 5.41) is 6.84. The van der Waals surface area contributed by atoms with Crippen LogP contribution in [0.1, 0.15) is 6.92 Å². The molecule has 0 spiro atoms. The van der Waals surface area contributed by atoms with Gasteiger partial charge in [-0.2, -0.15) is 0 Å². The van der Waals surface area contributed by atoms with E-state index in [-0.39, 0.29) is 5.91 Å². The first kappa shape index (κ1) is 12.3. The van der Waals surface area contributed by atoms with Crippen LogP contribution in [0, 0.1) is 0 Å². The fourth-order valence-electron chi connectivity index (χ4n) is 1.75. The van der Waals surface area contributed by atoms with Gasteiger partial charge in [0.15, 0.2) is 0 Å². The topological polar surface area (TPSA) is 80.0 Å². The number of benzene rings is 1. The van der Waals surface area contributed by atoms with Crippen molar-refractivity contribution in [3.63, 3.8) is 0 Å². The molecule has 1 amide bonds. The molecule has 0 aliphatic heterocycles. The Balaban J connectivity index is 2.36. The van der Waals surface area contributed by atoms with Crippen LogP contribution < -0.4 is 16.4 Å². The Hall–Kier alpha value is -2.14. The van der Waals surface area contributed by atoms with Gasteiger partial charge in [-0.05, 0) is 24.3 Å². The van der Waals surface area contributed by atoms with Gasteiger partial charge in [-0.25, -0.2) is 4.98 Å². The maximum absolute atomic E-state index is 11.1. The zero-order chi connectivity index (χ0) is 13.0. The van der Waals surface area contributed by atoms with Crippen molar-refractivity contribution in [1.29, 1.82) is 0 Å². The molecule has 0 aliphatic carbocycles. The molecule has 4 N–H and O–H groups in total. The first-order chi connectivity index (χ1) is 8.70. The van der Waals surface area contributed by atoms with Crippen molar-refractivity contribution in [2.45, 2.75) is 6.92 Å². The van der Waals surface area contributed by atoms with Gasteiger partial charge in [0.25, 0.3) is 0 Å². The molecule has 5 nitrogen and oxygen atoms in total. The van der Waals surface area contributed by atoms with E-state index in [9.17, 15) is 4.79 Å². The summed E-state index contributed by atoms with van der Waals surface area (Å²) in [6.07, 6.45) is 0. The molecule has 0 bridgehead atoms. The molecule has 0 fully saturated rings. The summed E-state index contributed by atoms with van der Waals surface area (Å²) in [5.74, 6) is 0.695. The third-order valence-corrected chi connectivity index (χ3v) is 2.49. The zero-order valence-corrected chi connectivity index (χ0v) is 10.2. The van der Waals surface area contributed by atoms with Crippen molar-refractivity contribution in [3.8, 4) is 0 Å². The number of anilines is 2. The summed E-state index contributed by atoms with van der Waals surface area (Å²) in [6.45, 7) is 2.74. The van der Waals surface area contributed by atoms with Crippen LogP contribution >= 0.6 is 0 Å². The van der Waals surface area contributed by atoms with E-state index in [1.54, 1.807) is 0 Å². The summed E-state index contributed by atoms with van der Waals surface area (Å²) < 4.78 is 0. The predicted octanol–water partition coefficient (Wildman–Crippen LogP) is 1.56. The Labute approximate surface area is 105 Å². The lowest BCUT2D eigenvalue weighted by molar-refractivity contribution is -0.114. The summed E-state index contributed by atoms with van der Waals surface area (Å²) in [7, 11) is 0. The number of hydrogen-bond donors (Lipinski definition) is 3. The molecule has 1 heterocycles. The van der Waals surface area contributed by atoms with Gasteiger partial charge in [-0.15, -0.1) is 0 Å². The van der Waals surface area contributed by atoms with Gasteiger partial charge in [-0.3, -0.25) is 4.79 Å². The molecule has 0 saturated carbocycles. The molecule has 5 heteroatoms. The van der Waals surface area contributed by atoms with E-state index < -0.39 is 0 Å². The molecule has 0 unspecified atom stereocenters. The minimum atomic E-state index is -0.0900. The highest BCUT2D eigenvalue weighted by molar-refractivity contribution is 6.00. The Kier molecular flexibility index (Phi) is 3.74. The molecule has 0 saturated heterocycles. The van der Waals surface area contributed by atoms with Crippen LogP contribution in [0.15, 0.2) is 30.3 Å². The molecule has 0 aliphatic rings. The van der Waals surface area contributed by atoms with E-state index in [4.69, 9.17) is 5.73 Å². The summed E-state index contributed by atoms with van der Waals surface area (Å²) >= 11 is 0. The van der Waals surface area contributed by atoms with Crippen LogP contribution in [0.25, 0.3) is 10.9 Å². The lowest BCUT2D eigenvalue weighted by Crippen LogP contribution is -2.13. The first-order valence-corrected chi connectivity index (χ1v) is 5.82. The van der Waals surface area contributed by atoms with Crippen LogP contribution in [0.2, 0.25) is 0 Å². The molecule has 0 radical (unpaired) electrons. The maximum Gasteiger partial charge on any atom is 0.221 e. The molecule has 2 rings (SSSR count). The van der Waals surface area contributed by atoms with Crippen molar-refractivity contribution < 1.29 is 4.79 Å². The molecular formula is C13H16N4O. The number of rotatable bonds is 4. The maximum atomic E-state index is 11.1. The van der Waals surface area contributed by atoms with Gasteiger partial charge < -0.3 is 16.4 Å². The number of amides is 1. The van der Waals surface area contributed by atoms with Gasteiger partial charge in [0.1, 0.15) is 5.82 Å². The Morgan fingerprint density at radius 3 is 2.89 bits per heavy atom. The second kappa shape index (κ2) is 5.46. The first-order valence-electron chi connectivity index (χ1n) is 5.82. The van der Waals surface area contributed by atoms with E-state index in [0.717, 1.165) is 22.4 Å². The van der Waals surface area contributed by atoms with Gasteiger partial charge in [-0.1, -0.05) is 6.07 Å². The number of nitrogens with two attached hydrogens (primary N) is 1. The molecule has 2 aromatic rings. The molecular weight excluding hydrogens is 228 g/mol. The summed E-state index contributed by atoms with van der Waals surface area (Å²) in [4.78, 5) is 15.6. The van der Waals surface area contributed by atoms with Crippen molar-refractivity contribution in [3.05, 3.63) is 30.3 Å². The number of pyridine rings is 1. The number of hydrogen-bond acceptors (Lipinski definition) is 4. The van der Waals surface area contributed by atoms with Crippen molar-refractivity contribution in [1.82, 2.24) is 4.98 Å². The van der Waals surface area contributed by atoms with Crippen molar-refractivity contribution in [2.75, 3.05) is 23.7 Å². The normalized spacial score (nSPS) is 10.3. The van der Waals surface area contributed by atoms with Crippen LogP contribution in [0.5, 0.6) is 0 Å². The average Bonchev–Trinajstić information content (AvgIpc) is 2.35. The second-order valence-corrected chi connectivity index (χ2v) is 3.97. The highest BCUT2D eigenvalue weighted by Gasteiger charge is 2.04. The van der Waals surface area contributed by atoms with E-state index in [1.807, 2.05) is 30.3 Å². The Morgan fingerprint density at radius 1 is 1.33 bits per heavy atom. The third-order valence-electron chi connectivity index (χ3n) is 2.49. The van der Waals surface area contributed by atoms with Crippen LogP contribution in [-0.4, -0.2) is 24.0 Å². The van der Waals surface area contributed by atoms with Gasteiger partial charge in [0.2, 0.25) is 5.91 Å². The van der Waals surface area contributed by atoms with Gasteiger partial charge in [0.05, 0.1) is 11.2 Å². The smallest absolute Gasteiger partial charge is 0.221 e. The molecule has 1 aromatic carbocycles. The van der Waals surface area contributed by atoms with Crippen LogP contribution in [-0.2, 0) is 4.79 Å². The van der Waals surface area contributed by atoms with Crippen LogP contribution in [0.4, 0.5) is 11.5 Å². The van der Waals surface area contributed by atoms with E-state index in [1.165, 1.54) is 6.92 Å². The molecule has 0 atom stereocenters. The fraction of sp³-hybridized carbons (Fsp3) is 0.231. The zero-order valence-electron chi connectivity index (χ0n) is 10.2. The number of carbonyl (C=O) groups excluding carboxylic acids is 1. The van der Waals surface area contributed by atoms with E-state index in [2.05, 4.69) is 15.6 Å².